The number of hydrogen-bond acceptors (Lipinski definition) is 7. The first-order chi connectivity index (χ1) is 18.8. The van der Waals surface area contributed by atoms with Crippen LogP contribution in [0.2, 0.25) is 0 Å². The first-order valence-corrected chi connectivity index (χ1v) is 13.7. The molecular weight excluding hydrogens is 516 g/mol. The second-order valence-electron chi connectivity index (χ2n) is 9.50. The van der Waals surface area contributed by atoms with Crippen LogP contribution in [0.1, 0.15) is 44.7 Å². The molecule has 0 saturated heterocycles. The van der Waals surface area contributed by atoms with Crippen molar-refractivity contribution >= 4 is 35.2 Å². The number of urea groups is 1. The molecule has 0 aliphatic heterocycles. The van der Waals surface area contributed by atoms with E-state index in [1.54, 1.807) is 6.92 Å². The maximum absolute atomic E-state index is 13.0. The third kappa shape index (κ3) is 9.29. The van der Waals surface area contributed by atoms with Gasteiger partial charge in [0.05, 0.1) is 6.04 Å². The maximum atomic E-state index is 13.0. The summed E-state index contributed by atoms with van der Waals surface area (Å²) in [4.78, 5) is 50.9. The second kappa shape index (κ2) is 14.7. The van der Waals surface area contributed by atoms with Gasteiger partial charge in [0, 0.05) is 24.0 Å². The lowest BCUT2D eigenvalue weighted by Gasteiger charge is -2.23. The highest BCUT2D eigenvalue weighted by Gasteiger charge is 2.29. The number of nitrogens with one attached hydrogen (secondary N) is 4. The SMILES string of the molecule is CCC(NC(=O)[C@H](CC(C)C)NC(=O)NCc1ccccc1)C(=O)C(=O)NCc1ccc(-c2csnn2)cc1. The minimum atomic E-state index is -1.01. The van der Waals surface area contributed by atoms with Crippen LogP contribution in [-0.4, -0.2) is 45.3 Å². The van der Waals surface area contributed by atoms with Crippen molar-refractivity contribution in [2.75, 3.05) is 0 Å². The number of carbonyl (C=O) groups excluding carboxylic acids is 4. The van der Waals surface area contributed by atoms with Crippen molar-refractivity contribution in [3.05, 3.63) is 71.1 Å². The van der Waals surface area contributed by atoms with Crippen molar-refractivity contribution < 1.29 is 19.2 Å². The molecule has 39 heavy (non-hydrogen) atoms. The first kappa shape index (κ1) is 29.4. The minimum absolute atomic E-state index is 0.104. The molecule has 2 atom stereocenters. The number of rotatable bonds is 13. The summed E-state index contributed by atoms with van der Waals surface area (Å²) >= 11 is 1.26. The third-order valence-corrected chi connectivity index (χ3v) is 6.46. The van der Waals surface area contributed by atoms with Gasteiger partial charge in [-0.3, -0.25) is 14.4 Å². The lowest BCUT2D eigenvalue weighted by Crippen LogP contribution is -2.55. The Morgan fingerprint density at radius 2 is 1.51 bits per heavy atom. The zero-order valence-corrected chi connectivity index (χ0v) is 23.1. The zero-order chi connectivity index (χ0) is 28.2. The first-order valence-electron chi connectivity index (χ1n) is 12.8. The molecule has 3 aromatic rings. The van der Waals surface area contributed by atoms with Crippen LogP contribution in [0.3, 0.4) is 0 Å². The lowest BCUT2D eigenvalue weighted by molar-refractivity contribution is -0.140. The Bertz CT molecular complexity index is 1230. The van der Waals surface area contributed by atoms with Crippen LogP contribution in [0.25, 0.3) is 11.3 Å². The molecule has 0 spiro atoms. The zero-order valence-electron chi connectivity index (χ0n) is 22.3. The van der Waals surface area contributed by atoms with Gasteiger partial charge in [-0.15, -0.1) is 5.10 Å². The topological polar surface area (TPSA) is 142 Å². The average Bonchev–Trinajstić information content (AvgIpc) is 3.48. The predicted octanol–water partition coefficient (Wildman–Crippen LogP) is 3.20. The van der Waals surface area contributed by atoms with Gasteiger partial charge in [0.1, 0.15) is 11.7 Å². The Balaban J connectivity index is 1.53. The van der Waals surface area contributed by atoms with E-state index in [0.29, 0.717) is 13.0 Å². The Kier molecular flexibility index (Phi) is 11.1. The lowest BCUT2D eigenvalue weighted by atomic mass is 10.0. The summed E-state index contributed by atoms with van der Waals surface area (Å²) in [5, 5.41) is 16.6. The largest absolute Gasteiger partial charge is 0.345 e. The molecule has 206 valence electrons. The average molecular weight is 551 g/mol. The summed E-state index contributed by atoms with van der Waals surface area (Å²) in [6.45, 7) is 6.03. The number of amides is 4. The monoisotopic (exact) mass is 550 g/mol. The van der Waals surface area contributed by atoms with Gasteiger partial charge in [-0.2, -0.15) is 0 Å². The van der Waals surface area contributed by atoms with Crippen LogP contribution in [0.15, 0.2) is 60.0 Å². The van der Waals surface area contributed by atoms with Crippen LogP contribution >= 0.6 is 11.5 Å². The quantitative estimate of drug-likeness (QED) is 0.241. The number of aromatic nitrogens is 2. The van der Waals surface area contributed by atoms with E-state index in [1.165, 1.54) is 11.5 Å². The molecule has 4 amide bonds. The fraction of sp³-hybridized carbons (Fsp3) is 0.357. The van der Waals surface area contributed by atoms with Crippen molar-refractivity contribution in [1.29, 1.82) is 0 Å². The molecule has 0 bridgehead atoms. The summed E-state index contributed by atoms with van der Waals surface area (Å²) in [5.74, 6) is -1.94. The maximum Gasteiger partial charge on any atom is 0.315 e. The van der Waals surface area contributed by atoms with E-state index in [0.717, 1.165) is 22.4 Å². The number of carbonyl (C=O) groups is 4. The summed E-state index contributed by atoms with van der Waals surface area (Å²) in [6, 6.07) is 14.4. The molecule has 0 radical (unpaired) electrons. The normalized spacial score (nSPS) is 12.3. The Morgan fingerprint density at radius 3 is 2.13 bits per heavy atom. The molecular formula is C28H34N6O4S. The van der Waals surface area contributed by atoms with E-state index in [1.807, 2.05) is 73.8 Å². The number of nitrogens with zero attached hydrogens (tertiary/aromatic N) is 2. The fourth-order valence-electron chi connectivity index (χ4n) is 3.83. The van der Waals surface area contributed by atoms with Crippen LogP contribution in [-0.2, 0) is 27.5 Å². The van der Waals surface area contributed by atoms with Gasteiger partial charge in [0.25, 0.3) is 5.91 Å². The van der Waals surface area contributed by atoms with Gasteiger partial charge in [-0.05, 0) is 41.4 Å². The van der Waals surface area contributed by atoms with E-state index in [4.69, 9.17) is 0 Å². The predicted molar refractivity (Wildman–Crippen MR) is 149 cm³/mol. The molecule has 2 aromatic carbocycles. The van der Waals surface area contributed by atoms with Gasteiger partial charge < -0.3 is 21.3 Å². The molecule has 1 unspecified atom stereocenters. The van der Waals surface area contributed by atoms with Gasteiger partial charge in [-0.25, -0.2) is 4.79 Å². The molecule has 4 N–H and O–H groups in total. The molecule has 11 heteroatoms. The third-order valence-electron chi connectivity index (χ3n) is 5.95. The Morgan fingerprint density at radius 1 is 0.846 bits per heavy atom. The molecule has 1 heterocycles. The van der Waals surface area contributed by atoms with Gasteiger partial charge in [-0.1, -0.05) is 79.9 Å². The van der Waals surface area contributed by atoms with Crippen molar-refractivity contribution in [2.45, 2.75) is 58.8 Å². The summed E-state index contributed by atoms with van der Waals surface area (Å²) in [5.41, 5.74) is 3.41. The highest BCUT2D eigenvalue weighted by atomic mass is 32.1. The van der Waals surface area contributed by atoms with Crippen molar-refractivity contribution in [2.24, 2.45) is 5.92 Å². The van der Waals surface area contributed by atoms with Crippen LogP contribution in [0, 0.1) is 5.92 Å². The van der Waals surface area contributed by atoms with Crippen LogP contribution < -0.4 is 21.3 Å². The molecule has 0 saturated carbocycles. The smallest absolute Gasteiger partial charge is 0.315 e. The van der Waals surface area contributed by atoms with E-state index in [2.05, 4.69) is 30.9 Å². The Hall–Kier alpha value is -4.12. The summed E-state index contributed by atoms with van der Waals surface area (Å²) in [6.07, 6.45) is 0.595. The highest BCUT2D eigenvalue weighted by molar-refractivity contribution is 7.03. The van der Waals surface area contributed by atoms with Crippen molar-refractivity contribution in [3.8, 4) is 11.3 Å². The van der Waals surface area contributed by atoms with Gasteiger partial charge >= 0.3 is 6.03 Å². The molecule has 3 rings (SSSR count). The second-order valence-corrected chi connectivity index (χ2v) is 10.1. The number of Topliss-reactive ketones (excluding diaryl/α,β-unsaturated/α-hetero) is 1. The van der Waals surface area contributed by atoms with E-state index < -0.39 is 35.7 Å². The molecule has 0 fully saturated rings. The standard InChI is InChI=1S/C28H34N6O4S/c1-4-22(25(35)27(37)29-15-20-10-12-21(13-11-20)24-17-39-34-33-24)31-26(36)23(14-18(2)3)32-28(38)30-16-19-8-6-5-7-9-19/h5-13,17-18,22-23H,4,14-16H2,1-3H3,(H,29,37)(H,31,36)(H2,30,32,38)/t22?,23-/m0/s1. The van der Waals surface area contributed by atoms with Gasteiger partial charge in [0.15, 0.2) is 0 Å². The molecule has 1 aromatic heterocycles. The van der Waals surface area contributed by atoms with Gasteiger partial charge in [0.2, 0.25) is 11.7 Å². The van der Waals surface area contributed by atoms with Crippen molar-refractivity contribution in [1.82, 2.24) is 30.9 Å². The summed E-state index contributed by atoms with van der Waals surface area (Å²) < 4.78 is 3.85. The van der Waals surface area contributed by atoms with Crippen molar-refractivity contribution in [3.63, 3.8) is 0 Å². The highest BCUT2D eigenvalue weighted by Crippen LogP contribution is 2.18. The van der Waals surface area contributed by atoms with E-state index in [9.17, 15) is 19.2 Å². The molecule has 0 aliphatic rings. The number of hydrogen-bond donors (Lipinski definition) is 4. The molecule has 10 nitrogen and oxygen atoms in total. The summed E-state index contributed by atoms with van der Waals surface area (Å²) in [7, 11) is 0. The Labute approximate surface area is 232 Å². The van der Waals surface area contributed by atoms with Crippen LogP contribution in [0.4, 0.5) is 4.79 Å². The van der Waals surface area contributed by atoms with E-state index >= 15 is 0 Å². The number of benzene rings is 2. The van der Waals surface area contributed by atoms with E-state index in [-0.39, 0.29) is 18.9 Å². The number of ketones is 1. The fourth-order valence-corrected chi connectivity index (χ4v) is 4.29. The van der Waals surface area contributed by atoms with Crippen LogP contribution in [0.5, 0.6) is 0 Å². The minimum Gasteiger partial charge on any atom is -0.345 e. The molecule has 0 aliphatic carbocycles.